The molecular weight excluding hydrogens is 467 g/mol. The highest BCUT2D eigenvalue weighted by molar-refractivity contribution is 5.97. The van der Waals surface area contributed by atoms with Gasteiger partial charge in [-0.05, 0) is 67.6 Å². The second-order valence-corrected chi connectivity index (χ2v) is 10.3. The number of alkyl halides is 1. The molecule has 1 amide bonds. The molecule has 0 radical (unpaired) electrons. The minimum absolute atomic E-state index is 0.0771. The Hall–Kier alpha value is -3.57. The third kappa shape index (κ3) is 5.01. The Morgan fingerprint density at radius 3 is 2.59 bits per heavy atom. The third-order valence-corrected chi connectivity index (χ3v) is 7.93. The van der Waals surface area contributed by atoms with Gasteiger partial charge in [0, 0.05) is 50.0 Å². The van der Waals surface area contributed by atoms with Gasteiger partial charge < -0.3 is 10.2 Å². The van der Waals surface area contributed by atoms with Crippen LogP contribution in [0.25, 0.3) is 11.4 Å². The van der Waals surface area contributed by atoms with Crippen LogP contribution in [-0.4, -0.2) is 52.7 Å². The molecule has 0 atom stereocenters. The quantitative estimate of drug-likeness (QED) is 0.487. The van der Waals surface area contributed by atoms with Gasteiger partial charge in [0.2, 0.25) is 0 Å². The number of rotatable bonds is 7. The minimum Gasteiger partial charge on any atom is -0.338 e. The summed E-state index contributed by atoms with van der Waals surface area (Å²) in [6.07, 6.45) is 4.69. The Labute approximate surface area is 217 Å². The molecule has 2 fully saturated rings. The fraction of sp³-hybridized carbons (Fsp3) is 0.448. The number of halogens is 1. The number of H-pyrrole nitrogens is 1. The molecule has 1 saturated carbocycles. The van der Waals surface area contributed by atoms with Gasteiger partial charge in [-0.1, -0.05) is 24.6 Å². The van der Waals surface area contributed by atoms with Crippen molar-refractivity contribution in [2.75, 3.05) is 26.7 Å². The second kappa shape index (κ2) is 10.4. The zero-order valence-corrected chi connectivity index (χ0v) is 21.5. The summed E-state index contributed by atoms with van der Waals surface area (Å²) in [6.45, 7) is 3.46. The molecule has 2 heterocycles. The summed E-state index contributed by atoms with van der Waals surface area (Å²) in [6, 6.07) is 12.8. The van der Waals surface area contributed by atoms with Crippen LogP contribution in [0.1, 0.15) is 76.5 Å². The van der Waals surface area contributed by atoms with E-state index in [0.717, 1.165) is 42.8 Å². The lowest BCUT2D eigenvalue weighted by Crippen LogP contribution is -2.43. The number of amides is 1. The van der Waals surface area contributed by atoms with Gasteiger partial charge in [-0.3, -0.25) is 9.89 Å². The summed E-state index contributed by atoms with van der Waals surface area (Å²) < 4.78 is 15.8. The van der Waals surface area contributed by atoms with Crippen molar-refractivity contribution in [3.63, 3.8) is 0 Å². The molecule has 0 bridgehead atoms. The molecule has 1 saturated heterocycles. The van der Waals surface area contributed by atoms with Crippen LogP contribution in [-0.2, 0) is 12.1 Å². The number of likely N-dealkylation sites (tertiary alicyclic amines) is 1. The highest BCUT2D eigenvalue weighted by atomic mass is 19.1. The number of nitrogens with one attached hydrogen (secondary N) is 2. The second-order valence-electron chi connectivity index (χ2n) is 10.3. The molecule has 2 aliphatic rings. The molecule has 5 rings (SSSR count). The fourth-order valence-corrected chi connectivity index (χ4v) is 5.35. The monoisotopic (exact) mass is 500 g/mol. The molecule has 1 aromatic heterocycles. The summed E-state index contributed by atoms with van der Waals surface area (Å²) in [5.41, 5.74) is 3.27. The van der Waals surface area contributed by atoms with Gasteiger partial charge in [0.25, 0.3) is 5.91 Å². The van der Waals surface area contributed by atoms with Crippen molar-refractivity contribution >= 4 is 5.91 Å². The zero-order chi connectivity index (χ0) is 26.0. The number of piperidine rings is 1. The number of aromatic amines is 1. The number of carbonyl (C=O) groups excluding carboxylic acids is 1. The van der Waals surface area contributed by atoms with Crippen LogP contribution in [0.4, 0.5) is 4.39 Å². The van der Waals surface area contributed by atoms with Gasteiger partial charge in [0.05, 0.1) is 11.6 Å². The van der Waals surface area contributed by atoms with Gasteiger partial charge in [-0.25, -0.2) is 9.37 Å². The summed E-state index contributed by atoms with van der Waals surface area (Å²) in [7, 11) is 1.90. The molecule has 192 valence electrons. The van der Waals surface area contributed by atoms with Gasteiger partial charge in [0.1, 0.15) is 11.5 Å². The summed E-state index contributed by atoms with van der Waals surface area (Å²) in [5, 5.41) is 19.7. The molecular formula is C29H33FN6O. The van der Waals surface area contributed by atoms with E-state index in [1.165, 1.54) is 12.0 Å². The van der Waals surface area contributed by atoms with Crippen LogP contribution in [0.5, 0.6) is 0 Å². The maximum absolute atomic E-state index is 15.8. The number of nitrogens with zero attached hydrogens (tertiary/aromatic N) is 4. The van der Waals surface area contributed by atoms with Crippen molar-refractivity contribution in [1.82, 2.24) is 25.4 Å². The number of aryl methyl sites for hydroxylation is 1. The molecule has 0 unspecified atom stereocenters. The third-order valence-electron chi connectivity index (χ3n) is 7.93. The molecule has 1 aliphatic heterocycles. The first kappa shape index (κ1) is 25.1. The smallest absolute Gasteiger partial charge is 0.254 e. The maximum atomic E-state index is 15.8. The van der Waals surface area contributed by atoms with Crippen molar-refractivity contribution in [2.45, 2.75) is 57.0 Å². The molecule has 8 heteroatoms. The van der Waals surface area contributed by atoms with E-state index in [9.17, 15) is 4.79 Å². The largest absolute Gasteiger partial charge is 0.338 e. The average Bonchev–Trinajstić information content (AvgIpc) is 3.35. The van der Waals surface area contributed by atoms with E-state index in [1.807, 2.05) is 20.0 Å². The van der Waals surface area contributed by atoms with Crippen LogP contribution >= 0.6 is 0 Å². The van der Waals surface area contributed by atoms with E-state index in [1.54, 1.807) is 29.2 Å². The molecule has 7 nitrogen and oxygen atoms in total. The molecule has 37 heavy (non-hydrogen) atoms. The van der Waals surface area contributed by atoms with Crippen molar-refractivity contribution in [1.29, 1.82) is 5.26 Å². The number of benzene rings is 2. The molecule has 0 spiro atoms. The van der Waals surface area contributed by atoms with Crippen LogP contribution < -0.4 is 5.32 Å². The number of hydrogen-bond donors (Lipinski definition) is 2. The Balaban J connectivity index is 1.38. The van der Waals surface area contributed by atoms with E-state index in [0.29, 0.717) is 41.5 Å². The van der Waals surface area contributed by atoms with Gasteiger partial charge >= 0.3 is 0 Å². The van der Waals surface area contributed by atoms with Crippen molar-refractivity contribution < 1.29 is 9.18 Å². The van der Waals surface area contributed by atoms with Gasteiger partial charge in [-0.2, -0.15) is 10.4 Å². The first-order valence-corrected chi connectivity index (χ1v) is 13.1. The highest BCUT2D eigenvalue weighted by Crippen LogP contribution is 2.42. The van der Waals surface area contributed by atoms with E-state index in [2.05, 4.69) is 27.6 Å². The first-order chi connectivity index (χ1) is 17.9. The highest BCUT2D eigenvalue weighted by Gasteiger charge is 2.38. The fourth-order valence-electron chi connectivity index (χ4n) is 5.35. The summed E-state index contributed by atoms with van der Waals surface area (Å²) >= 11 is 0. The van der Waals surface area contributed by atoms with Gasteiger partial charge in [-0.15, -0.1) is 0 Å². The topological polar surface area (TPSA) is 97.7 Å². The Kier molecular flexibility index (Phi) is 7.07. The van der Waals surface area contributed by atoms with Crippen molar-refractivity contribution in [2.24, 2.45) is 0 Å². The molecule has 2 N–H and O–H groups in total. The average molecular weight is 501 g/mol. The first-order valence-electron chi connectivity index (χ1n) is 13.1. The van der Waals surface area contributed by atoms with E-state index in [-0.39, 0.29) is 18.7 Å². The number of carbonyl (C=O) groups is 1. The molecule has 1 aliphatic carbocycles. The molecule has 3 aromatic rings. The maximum Gasteiger partial charge on any atom is 0.254 e. The Morgan fingerprint density at radius 2 is 1.97 bits per heavy atom. The predicted molar refractivity (Wildman–Crippen MR) is 140 cm³/mol. The van der Waals surface area contributed by atoms with Crippen molar-refractivity contribution in [3.8, 4) is 17.5 Å². The summed E-state index contributed by atoms with van der Waals surface area (Å²) in [4.78, 5) is 20.1. The van der Waals surface area contributed by atoms with E-state index < -0.39 is 5.67 Å². The van der Waals surface area contributed by atoms with Gasteiger partial charge in [0.15, 0.2) is 5.82 Å². The van der Waals surface area contributed by atoms with Crippen LogP contribution in [0, 0.1) is 18.3 Å². The van der Waals surface area contributed by atoms with Crippen LogP contribution in [0.15, 0.2) is 36.4 Å². The lowest BCUT2D eigenvalue weighted by molar-refractivity contribution is 0.0421. The minimum atomic E-state index is -1.50. The standard InChI is InChI=1S/C29H33FN6O/c1-19-16-24(21-4-3-5-21)25(27-33-26(34-35-27)10-13-32-2)17-23(19)28(37)36-14-11-29(30,12-15-36)22-8-6-20(18-31)7-9-22/h6-9,16-17,21,32H,3-5,10-15H2,1-2H3,(H,33,34,35). The lowest BCUT2D eigenvalue weighted by atomic mass is 9.77. The number of likely N-dealkylation sites (N-methyl/N-ethyl adjacent to an activating group) is 1. The number of hydrogen-bond acceptors (Lipinski definition) is 5. The van der Waals surface area contributed by atoms with E-state index in [4.69, 9.17) is 10.2 Å². The normalized spacial score (nSPS) is 17.3. The van der Waals surface area contributed by atoms with Crippen LogP contribution in [0.3, 0.4) is 0 Å². The SMILES string of the molecule is CNCCc1nc(-c2cc(C(=O)N3CCC(F)(c4ccc(C#N)cc4)CC3)c(C)cc2C2CCC2)n[nH]1. The van der Waals surface area contributed by atoms with E-state index >= 15 is 4.39 Å². The van der Waals surface area contributed by atoms with Crippen LogP contribution in [0.2, 0.25) is 0 Å². The Bertz CT molecular complexity index is 1310. The predicted octanol–water partition coefficient (Wildman–Crippen LogP) is 4.78. The Morgan fingerprint density at radius 1 is 1.24 bits per heavy atom. The van der Waals surface area contributed by atoms with Crippen molar-refractivity contribution in [3.05, 3.63) is 70.0 Å². The number of aromatic nitrogens is 3. The zero-order valence-electron chi connectivity index (χ0n) is 21.5. The molecule has 2 aromatic carbocycles. The lowest BCUT2D eigenvalue weighted by Gasteiger charge is -2.37. The summed E-state index contributed by atoms with van der Waals surface area (Å²) in [5.74, 6) is 1.83. The number of nitriles is 1.